The molecule has 2 aromatic carbocycles. The Hall–Kier alpha value is -1.92. The van der Waals surface area contributed by atoms with Gasteiger partial charge in [-0.25, -0.2) is 0 Å². The van der Waals surface area contributed by atoms with Gasteiger partial charge in [-0.15, -0.1) is 0 Å². The zero-order valence-electron chi connectivity index (χ0n) is 30.7. The van der Waals surface area contributed by atoms with E-state index in [2.05, 4.69) is 94.4 Å². The third-order valence-corrected chi connectivity index (χ3v) is 15.1. The van der Waals surface area contributed by atoms with Crippen molar-refractivity contribution in [3.63, 3.8) is 0 Å². The van der Waals surface area contributed by atoms with Crippen LogP contribution in [0.4, 0.5) is 0 Å². The topological polar surface area (TPSA) is 36.9 Å². The predicted molar refractivity (Wildman–Crippen MR) is 200 cm³/mol. The normalized spacial score (nSPS) is 20.9. The molecule has 2 heterocycles. The van der Waals surface area contributed by atoms with E-state index in [1.807, 2.05) is 13.8 Å². The molecule has 1 fully saturated rings. The Balaban J connectivity index is 1.28. The summed E-state index contributed by atoms with van der Waals surface area (Å²) in [7, 11) is -2.69. The van der Waals surface area contributed by atoms with Gasteiger partial charge in [-0.05, 0) is 41.8 Å². The molecule has 47 heavy (non-hydrogen) atoms. The summed E-state index contributed by atoms with van der Waals surface area (Å²) in [6.07, 6.45) is 23.2. The van der Waals surface area contributed by atoms with Crippen molar-refractivity contribution in [3.8, 4) is 0 Å². The maximum absolute atomic E-state index is 7.31. The zero-order chi connectivity index (χ0) is 33.6. The second-order valence-electron chi connectivity index (χ2n) is 15.5. The number of hydrogen-bond acceptors (Lipinski definition) is 4. The van der Waals surface area contributed by atoms with Gasteiger partial charge in [0.2, 0.25) is 0 Å². The first-order chi connectivity index (χ1) is 22.7. The molecule has 0 amide bonds. The minimum atomic E-state index is -2.69. The van der Waals surface area contributed by atoms with Gasteiger partial charge in [-0.1, -0.05) is 178 Å². The van der Waals surface area contributed by atoms with Crippen LogP contribution in [0.5, 0.6) is 0 Å². The third kappa shape index (κ3) is 11.0. The molecule has 0 unspecified atom stereocenters. The molecule has 0 bridgehead atoms. The highest BCUT2D eigenvalue weighted by atomic mass is 28.4. The number of rotatable bonds is 21. The van der Waals surface area contributed by atoms with Crippen LogP contribution in [0, 0.1) is 0 Å². The minimum absolute atomic E-state index is 0.0946. The SMILES string of the molecule is CCCCCCCCCCCCCCCCCC1=C[C@H]2OC(C)(C)O[C@H]2[C@@H](CO[Si](c2ccccc2)(c2ccccc2)C(C)(C)C)O1. The van der Waals surface area contributed by atoms with Gasteiger partial charge in [-0.2, -0.15) is 0 Å². The number of hydrogen-bond donors (Lipinski definition) is 0. The fourth-order valence-electron chi connectivity index (χ4n) is 7.63. The van der Waals surface area contributed by atoms with Gasteiger partial charge < -0.3 is 18.6 Å². The number of fused-ring (bicyclic) bond motifs is 1. The molecule has 3 atom stereocenters. The molecule has 262 valence electrons. The summed E-state index contributed by atoms with van der Waals surface area (Å²) >= 11 is 0. The van der Waals surface area contributed by atoms with Gasteiger partial charge in [0.1, 0.15) is 18.3 Å². The number of ether oxygens (including phenoxy) is 3. The van der Waals surface area contributed by atoms with Crippen molar-refractivity contribution in [2.75, 3.05) is 6.61 Å². The summed E-state index contributed by atoms with van der Waals surface area (Å²) in [5, 5.41) is 2.47. The fraction of sp³-hybridized carbons (Fsp3) is 0.667. The number of benzene rings is 2. The van der Waals surface area contributed by atoms with E-state index < -0.39 is 14.1 Å². The maximum atomic E-state index is 7.31. The van der Waals surface area contributed by atoms with Crippen molar-refractivity contribution in [3.05, 3.63) is 72.5 Å². The van der Waals surface area contributed by atoms with Crippen LogP contribution < -0.4 is 10.4 Å². The van der Waals surface area contributed by atoms with E-state index in [9.17, 15) is 0 Å². The summed E-state index contributed by atoms with van der Waals surface area (Å²) in [6, 6.07) is 21.7. The Morgan fingerprint density at radius 3 is 1.60 bits per heavy atom. The summed E-state index contributed by atoms with van der Waals surface area (Å²) in [5.41, 5.74) is 0. The second-order valence-corrected chi connectivity index (χ2v) is 19.8. The summed E-state index contributed by atoms with van der Waals surface area (Å²) in [5.74, 6) is 0.396. The first-order valence-corrected chi connectivity index (χ1v) is 21.0. The molecule has 0 aliphatic carbocycles. The van der Waals surface area contributed by atoms with E-state index in [0.29, 0.717) is 6.61 Å². The van der Waals surface area contributed by atoms with Crippen LogP contribution in [0.25, 0.3) is 0 Å². The van der Waals surface area contributed by atoms with E-state index in [1.54, 1.807) is 0 Å². The zero-order valence-corrected chi connectivity index (χ0v) is 31.7. The van der Waals surface area contributed by atoms with Gasteiger partial charge in [0.05, 0.1) is 12.4 Å². The maximum Gasteiger partial charge on any atom is 0.261 e. The first-order valence-electron chi connectivity index (χ1n) is 19.1. The average molecular weight is 663 g/mol. The van der Waals surface area contributed by atoms with E-state index >= 15 is 0 Å². The lowest BCUT2D eigenvalue weighted by atomic mass is 10.0. The molecule has 5 heteroatoms. The summed E-state index contributed by atoms with van der Waals surface area (Å²) in [6.45, 7) is 13.7. The van der Waals surface area contributed by atoms with E-state index in [0.717, 1.165) is 18.6 Å². The van der Waals surface area contributed by atoms with Crippen LogP contribution in [-0.2, 0) is 18.6 Å². The molecular formula is C42H66O4Si. The molecule has 0 aromatic heterocycles. The van der Waals surface area contributed by atoms with Crippen LogP contribution in [0.2, 0.25) is 5.04 Å². The summed E-state index contributed by atoms with van der Waals surface area (Å²) in [4.78, 5) is 0. The van der Waals surface area contributed by atoms with Gasteiger partial charge >= 0.3 is 0 Å². The van der Waals surface area contributed by atoms with Gasteiger partial charge in [0.15, 0.2) is 5.79 Å². The molecular weight excluding hydrogens is 597 g/mol. The molecule has 0 N–H and O–H groups in total. The Morgan fingerprint density at radius 1 is 0.660 bits per heavy atom. The first kappa shape index (κ1) is 37.9. The van der Waals surface area contributed by atoms with E-state index in [-0.39, 0.29) is 23.4 Å². The Morgan fingerprint density at radius 2 is 1.13 bits per heavy atom. The third-order valence-electron chi connectivity index (χ3n) is 10.1. The Bertz CT molecular complexity index is 1130. The van der Waals surface area contributed by atoms with Crippen molar-refractivity contribution in [2.45, 2.75) is 173 Å². The average Bonchev–Trinajstić information content (AvgIpc) is 3.37. The van der Waals surface area contributed by atoms with Crippen molar-refractivity contribution in [2.24, 2.45) is 0 Å². The largest absolute Gasteiger partial charge is 0.490 e. The van der Waals surface area contributed by atoms with Gasteiger partial charge in [0.25, 0.3) is 8.32 Å². The van der Waals surface area contributed by atoms with Crippen molar-refractivity contribution >= 4 is 18.7 Å². The van der Waals surface area contributed by atoms with Crippen LogP contribution >= 0.6 is 0 Å². The molecule has 0 spiro atoms. The van der Waals surface area contributed by atoms with Crippen LogP contribution in [-0.4, -0.2) is 39.0 Å². The molecule has 2 aromatic rings. The van der Waals surface area contributed by atoms with Crippen molar-refractivity contribution in [1.29, 1.82) is 0 Å². The lowest BCUT2D eigenvalue weighted by molar-refractivity contribution is -0.155. The second kappa shape index (κ2) is 18.7. The molecule has 1 saturated heterocycles. The van der Waals surface area contributed by atoms with E-state index in [1.165, 1.54) is 100 Å². The molecule has 2 aliphatic rings. The monoisotopic (exact) mass is 662 g/mol. The molecule has 4 rings (SSSR count). The van der Waals surface area contributed by atoms with E-state index in [4.69, 9.17) is 18.6 Å². The fourth-order valence-corrected chi connectivity index (χ4v) is 12.2. The molecule has 2 aliphatic heterocycles. The van der Waals surface area contributed by atoms with Crippen LogP contribution in [0.1, 0.15) is 144 Å². The lowest BCUT2D eigenvalue weighted by Gasteiger charge is -2.44. The standard InChI is InChI=1S/C42H66O4Si/c1-7-8-9-10-11-12-13-14-15-16-17-18-19-20-23-28-35-33-38-40(46-42(5,6)45-38)39(44-35)34-43-47(41(2,3)4,36-29-24-21-25-30-36)37-31-26-22-27-32-37/h21-22,24-27,29-33,38-40H,7-20,23,28,34H2,1-6H3/t38-,39-,40-/m1/s1. The van der Waals surface area contributed by atoms with Crippen LogP contribution in [0.3, 0.4) is 0 Å². The smallest absolute Gasteiger partial charge is 0.261 e. The minimum Gasteiger partial charge on any atom is -0.490 e. The molecule has 4 nitrogen and oxygen atoms in total. The lowest BCUT2D eigenvalue weighted by Crippen LogP contribution is -2.67. The van der Waals surface area contributed by atoms with Gasteiger partial charge in [0, 0.05) is 6.42 Å². The highest BCUT2D eigenvalue weighted by molar-refractivity contribution is 6.99. The Kier molecular flexibility index (Phi) is 15.1. The Labute approximate surface area is 289 Å². The molecule has 0 saturated carbocycles. The number of allylic oxidation sites excluding steroid dienone is 1. The predicted octanol–water partition coefficient (Wildman–Crippen LogP) is 10.6. The van der Waals surface area contributed by atoms with Crippen molar-refractivity contribution in [1.82, 2.24) is 0 Å². The number of unbranched alkanes of at least 4 members (excludes halogenated alkanes) is 14. The highest BCUT2D eigenvalue weighted by Gasteiger charge is 2.53. The highest BCUT2D eigenvalue weighted by Crippen LogP contribution is 2.40. The quantitative estimate of drug-likeness (QED) is 0.0985. The molecule has 0 radical (unpaired) electrons. The summed E-state index contributed by atoms with van der Waals surface area (Å²) < 4.78 is 26.9. The van der Waals surface area contributed by atoms with Crippen molar-refractivity contribution < 1.29 is 18.6 Å². The van der Waals surface area contributed by atoms with Crippen LogP contribution in [0.15, 0.2) is 72.5 Å². The van der Waals surface area contributed by atoms with Gasteiger partial charge in [-0.3, -0.25) is 0 Å².